The smallest absolute Gasteiger partial charge is 0.117 e. The van der Waals surface area contributed by atoms with E-state index in [1.165, 1.54) is 0 Å². The van der Waals surface area contributed by atoms with Crippen LogP contribution in [0.4, 0.5) is 0 Å². The molecule has 1 aromatic heterocycles. The third-order valence-electron chi connectivity index (χ3n) is 3.75. The van der Waals surface area contributed by atoms with Crippen LogP contribution in [0, 0.1) is 0 Å². The molecule has 1 aromatic rings. The van der Waals surface area contributed by atoms with Crippen LogP contribution in [-0.4, -0.2) is 36.7 Å². The lowest BCUT2D eigenvalue weighted by molar-refractivity contribution is 0.0216. The van der Waals surface area contributed by atoms with Crippen molar-refractivity contribution in [2.45, 2.75) is 31.5 Å². The van der Waals surface area contributed by atoms with Gasteiger partial charge in [0.25, 0.3) is 0 Å². The molecule has 0 saturated carbocycles. The van der Waals surface area contributed by atoms with Gasteiger partial charge in [0.1, 0.15) is 5.76 Å². The van der Waals surface area contributed by atoms with E-state index in [0.717, 1.165) is 25.3 Å². The molecule has 4 nitrogen and oxygen atoms in total. The van der Waals surface area contributed by atoms with Crippen molar-refractivity contribution in [3.8, 4) is 0 Å². The van der Waals surface area contributed by atoms with Crippen LogP contribution in [0.3, 0.4) is 0 Å². The summed E-state index contributed by atoms with van der Waals surface area (Å²) in [5.74, 6) is 0.967. The fraction of sp³-hybridized carbons (Fsp3) is 0.667. The van der Waals surface area contributed by atoms with Gasteiger partial charge in [0.2, 0.25) is 0 Å². The zero-order valence-electron chi connectivity index (χ0n) is 9.98. The summed E-state index contributed by atoms with van der Waals surface area (Å²) in [5, 5.41) is 0. The van der Waals surface area contributed by atoms with Crippen molar-refractivity contribution in [3.05, 3.63) is 24.2 Å². The first kappa shape index (κ1) is 11.6. The largest absolute Gasteiger partial charge is 0.468 e. The minimum atomic E-state index is -0.0488. The fourth-order valence-corrected chi connectivity index (χ4v) is 2.49. The van der Waals surface area contributed by atoms with E-state index in [2.05, 4.69) is 18.9 Å². The Balaban J connectivity index is 2.09. The first-order valence-corrected chi connectivity index (χ1v) is 5.74. The molecule has 2 unspecified atom stereocenters. The molecular formula is C12H20N2O2. The van der Waals surface area contributed by atoms with Crippen LogP contribution in [0.25, 0.3) is 0 Å². The Morgan fingerprint density at radius 2 is 2.44 bits per heavy atom. The summed E-state index contributed by atoms with van der Waals surface area (Å²) >= 11 is 0. The number of hydrogen-bond acceptors (Lipinski definition) is 4. The summed E-state index contributed by atoms with van der Waals surface area (Å²) in [6.45, 7) is 4.28. The third kappa shape index (κ3) is 1.88. The van der Waals surface area contributed by atoms with Gasteiger partial charge in [-0.3, -0.25) is 4.90 Å². The molecule has 0 aromatic carbocycles. The lowest BCUT2D eigenvalue weighted by Crippen LogP contribution is -2.56. The molecule has 2 atom stereocenters. The topological polar surface area (TPSA) is 51.6 Å². The molecule has 1 aliphatic heterocycles. The van der Waals surface area contributed by atoms with Gasteiger partial charge in [-0.1, -0.05) is 0 Å². The summed E-state index contributed by atoms with van der Waals surface area (Å²) in [5.41, 5.74) is 5.89. The number of nitrogens with two attached hydrogens (primary N) is 1. The molecule has 0 bridgehead atoms. The van der Waals surface area contributed by atoms with Gasteiger partial charge in [0.15, 0.2) is 0 Å². The van der Waals surface area contributed by atoms with Crippen LogP contribution in [0.2, 0.25) is 0 Å². The number of furan rings is 1. The molecule has 1 saturated heterocycles. The first-order valence-electron chi connectivity index (χ1n) is 5.74. The van der Waals surface area contributed by atoms with E-state index < -0.39 is 0 Å². The highest BCUT2D eigenvalue weighted by molar-refractivity contribution is 5.04. The van der Waals surface area contributed by atoms with Crippen LogP contribution in [0.5, 0.6) is 0 Å². The van der Waals surface area contributed by atoms with Gasteiger partial charge < -0.3 is 14.9 Å². The summed E-state index contributed by atoms with van der Waals surface area (Å²) in [6, 6.07) is 3.90. The van der Waals surface area contributed by atoms with Crippen LogP contribution in [0.1, 0.15) is 19.1 Å². The maximum atomic E-state index is 5.94. The van der Waals surface area contributed by atoms with Gasteiger partial charge in [0, 0.05) is 13.2 Å². The minimum absolute atomic E-state index is 0.0488. The number of ether oxygens (including phenoxy) is 1. The Morgan fingerprint density at radius 1 is 1.62 bits per heavy atom. The predicted molar refractivity (Wildman–Crippen MR) is 62.0 cm³/mol. The molecule has 1 fully saturated rings. The average molecular weight is 224 g/mol. The molecule has 1 aliphatic rings. The Bertz CT molecular complexity index is 326. The highest BCUT2D eigenvalue weighted by atomic mass is 16.5. The molecule has 2 rings (SSSR count). The zero-order chi connectivity index (χ0) is 11.6. The average Bonchev–Trinajstić information content (AvgIpc) is 2.88. The van der Waals surface area contributed by atoms with Crippen molar-refractivity contribution >= 4 is 0 Å². The zero-order valence-corrected chi connectivity index (χ0v) is 9.98. The van der Waals surface area contributed by atoms with E-state index in [1.807, 2.05) is 12.1 Å². The first-order chi connectivity index (χ1) is 7.69. The lowest BCUT2D eigenvalue weighted by atomic mass is 9.90. The van der Waals surface area contributed by atoms with E-state index in [0.29, 0.717) is 6.54 Å². The second-order valence-corrected chi connectivity index (χ2v) is 4.51. The quantitative estimate of drug-likeness (QED) is 0.835. The highest BCUT2D eigenvalue weighted by Crippen LogP contribution is 2.31. The van der Waals surface area contributed by atoms with Gasteiger partial charge in [-0.05, 0) is 32.5 Å². The summed E-state index contributed by atoms with van der Waals surface area (Å²) in [4.78, 5) is 2.25. The van der Waals surface area contributed by atoms with Crippen molar-refractivity contribution in [1.82, 2.24) is 4.90 Å². The molecule has 0 spiro atoms. The summed E-state index contributed by atoms with van der Waals surface area (Å²) < 4.78 is 11.0. The van der Waals surface area contributed by atoms with E-state index in [1.54, 1.807) is 6.26 Å². The fourth-order valence-electron chi connectivity index (χ4n) is 2.49. The number of rotatable bonds is 4. The normalized spacial score (nSPS) is 30.1. The van der Waals surface area contributed by atoms with Gasteiger partial charge in [-0.25, -0.2) is 0 Å². The Kier molecular flexibility index (Phi) is 3.33. The number of likely N-dealkylation sites (N-methyl/N-ethyl adjacent to an activating group) is 1. The second-order valence-electron chi connectivity index (χ2n) is 4.51. The highest BCUT2D eigenvalue weighted by Gasteiger charge is 2.43. The van der Waals surface area contributed by atoms with Crippen LogP contribution < -0.4 is 5.73 Å². The van der Waals surface area contributed by atoms with Crippen LogP contribution in [-0.2, 0) is 11.3 Å². The van der Waals surface area contributed by atoms with E-state index >= 15 is 0 Å². The third-order valence-corrected chi connectivity index (χ3v) is 3.75. The van der Waals surface area contributed by atoms with Crippen molar-refractivity contribution < 1.29 is 9.15 Å². The Morgan fingerprint density at radius 3 is 2.94 bits per heavy atom. The Hall–Kier alpha value is -0.840. The number of nitrogens with zero attached hydrogens (tertiary/aromatic N) is 1. The van der Waals surface area contributed by atoms with Gasteiger partial charge >= 0.3 is 0 Å². The predicted octanol–water partition coefficient (Wildman–Crippen LogP) is 1.22. The van der Waals surface area contributed by atoms with Crippen LogP contribution in [0.15, 0.2) is 22.8 Å². The molecule has 2 heterocycles. The SMILES string of the molecule is CC1OCCC1(CN)N(C)Cc1ccco1. The van der Waals surface area contributed by atoms with Gasteiger partial charge in [-0.15, -0.1) is 0 Å². The maximum Gasteiger partial charge on any atom is 0.117 e. The second kappa shape index (κ2) is 4.57. The van der Waals surface area contributed by atoms with E-state index in [9.17, 15) is 0 Å². The molecule has 16 heavy (non-hydrogen) atoms. The summed E-state index contributed by atoms with van der Waals surface area (Å²) in [6.07, 6.45) is 2.87. The molecule has 0 amide bonds. The molecule has 0 radical (unpaired) electrons. The van der Waals surface area contributed by atoms with Crippen molar-refractivity contribution in [3.63, 3.8) is 0 Å². The molecule has 0 aliphatic carbocycles. The van der Waals surface area contributed by atoms with E-state index in [4.69, 9.17) is 14.9 Å². The monoisotopic (exact) mass is 224 g/mol. The number of hydrogen-bond donors (Lipinski definition) is 1. The van der Waals surface area contributed by atoms with Crippen molar-refractivity contribution in [2.24, 2.45) is 5.73 Å². The maximum absolute atomic E-state index is 5.94. The molecule has 2 N–H and O–H groups in total. The Labute approximate surface area is 96.4 Å². The van der Waals surface area contributed by atoms with Gasteiger partial charge in [0.05, 0.1) is 24.5 Å². The molecule has 90 valence electrons. The molecular weight excluding hydrogens is 204 g/mol. The van der Waals surface area contributed by atoms with Crippen molar-refractivity contribution in [2.75, 3.05) is 20.2 Å². The van der Waals surface area contributed by atoms with Crippen LogP contribution >= 0.6 is 0 Å². The minimum Gasteiger partial charge on any atom is -0.468 e. The van der Waals surface area contributed by atoms with Crippen molar-refractivity contribution in [1.29, 1.82) is 0 Å². The molecule has 4 heteroatoms. The summed E-state index contributed by atoms with van der Waals surface area (Å²) in [7, 11) is 2.08. The van der Waals surface area contributed by atoms with Gasteiger partial charge in [-0.2, -0.15) is 0 Å². The lowest BCUT2D eigenvalue weighted by Gasteiger charge is -2.39. The van der Waals surface area contributed by atoms with E-state index in [-0.39, 0.29) is 11.6 Å². The standard InChI is InChI=1S/C12H20N2O2/c1-10-12(9-13,5-7-15-10)14(2)8-11-4-3-6-16-11/h3-4,6,10H,5,7-9,13H2,1-2H3.